The minimum atomic E-state index is -2.59. The second-order valence-electron chi connectivity index (χ2n) is 10.0. The molecule has 0 radical (unpaired) electrons. The van der Waals surface area contributed by atoms with Gasteiger partial charge in [0, 0.05) is 35.0 Å². The van der Waals surface area contributed by atoms with Gasteiger partial charge in [0.25, 0.3) is 11.8 Å². The molecule has 0 saturated carbocycles. The predicted molar refractivity (Wildman–Crippen MR) is 143 cm³/mol. The molecule has 2 aromatic heterocycles. The van der Waals surface area contributed by atoms with Crippen molar-refractivity contribution < 1.29 is 13.6 Å². The van der Waals surface area contributed by atoms with Crippen LogP contribution in [0.2, 0.25) is 0 Å². The molecule has 2 aliphatic rings. The number of carbonyl (C=O) groups excluding carboxylic acids is 1. The zero-order valence-electron chi connectivity index (χ0n) is 21.0. The first-order valence-corrected chi connectivity index (χ1v) is 13.6. The van der Waals surface area contributed by atoms with Gasteiger partial charge in [0.2, 0.25) is 0 Å². The summed E-state index contributed by atoms with van der Waals surface area (Å²) in [7, 11) is 0. The van der Waals surface area contributed by atoms with E-state index in [1.54, 1.807) is 22.9 Å². The average molecular weight is 546 g/mol. The van der Waals surface area contributed by atoms with Crippen LogP contribution in [0.25, 0.3) is 11.3 Å². The lowest BCUT2D eigenvalue weighted by Gasteiger charge is -2.30. The van der Waals surface area contributed by atoms with E-state index in [0.29, 0.717) is 41.5 Å². The minimum absolute atomic E-state index is 0.0748. The molecule has 1 fully saturated rings. The fourth-order valence-corrected chi connectivity index (χ4v) is 6.26. The number of benzene rings is 2. The predicted octanol–water partition coefficient (Wildman–Crippen LogP) is 4.77. The molecular weight excluding hydrogens is 520 g/mol. The Labute approximate surface area is 227 Å². The van der Waals surface area contributed by atoms with Gasteiger partial charge in [-0.2, -0.15) is 5.26 Å². The van der Waals surface area contributed by atoms with Crippen LogP contribution in [0.1, 0.15) is 44.9 Å². The molecule has 1 atom stereocenters. The SMILES string of the molecule is N#Cc1ccc(-c2cn(Cc3cccc(C(=O)Nc4nc5c(s4)CC(N4CCC(F)(F)C4)CC5)c3)nn2)cc1. The third-order valence-corrected chi connectivity index (χ3v) is 8.27. The number of hydrogen-bond donors (Lipinski definition) is 1. The van der Waals surface area contributed by atoms with Crippen LogP contribution in [0.5, 0.6) is 0 Å². The van der Waals surface area contributed by atoms with Crippen molar-refractivity contribution in [3.63, 3.8) is 0 Å². The molecule has 1 N–H and O–H groups in total. The standard InChI is InChI=1S/C28H25F2N7OS/c29-28(30)10-11-36(17-28)22-8-9-23-25(13-22)39-27(32-23)33-26(38)21-3-1-2-19(12-21)15-37-16-24(34-35-37)20-6-4-18(14-31)5-7-20/h1-7,12,16,22H,8-11,13,15,17H2,(H,32,33,38). The Morgan fingerprint density at radius 2 is 2.08 bits per heavy atom. The topological polar surface area (TPSA) is 99.7 Å². The Hall–Kier alpha value is -4.01. The van der Waals surface area contributed by atoms with Crippen LogP contribution >= 0.6 is 11.3 Å². The monoisotopic (exact) mass is 545 g/mol. The lowest BCUT2D eigenvalue weighted by molar-refractivity contribution is 0.00689. The molecule has 198 valence electrons. The van der Waals surface area contributed by atoms with Crippen LogP contribution in [-0.4, -0.2) is 55.8 Å². The van der Waals surface area contributed by atoms with Gasteiger partial charge < -0.3 is 0 Å². The lowest BCUT2D eigenvalue weighted by atomic mass is 9.96. The van der Waals surface area contributed by atoms with Gasteiger partial charge >= 0.3 is 0 Å². The number of hydrogen-bond acceptors (Lipinski definition) is 7. The summed E-state index contributed by atoms with van der Waals surface area (Å²) in [5.74, 6) is -2.85. The van der Waals surface area contributed by atoms with Crippen molar-refractivity contribution in [1.29, 1.82) is 5.26 Å². The first-order valence-electron chi connectivity index (χ1n) is 12.8. The summed E-state index contributed by atoms with van der Waals surface area (Å²) >= 11 is 1.43. The highest BCUT2D eigenvalue weighted by Crippen LogP contribution is 2.35. The maximum Gasteiger partial charge on any atom is 0.261 e. The number of nitrogens with zero attached hydrogens (tertiary/aromatic N) is 6. The number of anilines is 1. The molecule has 1 unspecified atom stereocenters. The van der Waals surface area contributed by atoms with E-state index in [9.17, 15) is 13.6 Å². The third-order valence-electron chi connectivity index (χ3n) is 7.23. The lowest BCUT2D eigenvalue weighted by Crippen LogP contribution is -2.38. The highest BCUT2D eigenvalue weighted by atomic mass is 32.1. The normalized spacial score (nSPS) is 18.4. The Kier molecular flexibility index (Phi) is 6.66. The van der Waals surface area contributed by atoms with Gasteiger partial charge in [-0.1, -0.05) is 29.5 Å². The van der Waals surface area contributed by atoms with Crippen molar-refractivity contribution in [2.24, 2.45) is 0 Å². The molecule has 3 heterocycles. The van der Waals surface area contributed by atoms with Crippen LogP contribution in [0, 0.1) is 11.3 Å². The molecule has 6 rings (SSSR count). The number of aromatic nitrogens is 4. The molecule has 0 spiro atoms. The van der Waals surface area contributed by atoms with Crippen molar-refractivity contribution >= 4 is 22.4 Å². The smallest absolute Gasteiger partial charge is 0.261 e. The van der Waals surface area contributed by atoms with Crippen molar-refractivity contribution in [2.45, 2.75) is 44.2 Å². The van der Waals surface area contributed by atoms with Gasteiger partial charge in [0.05, 0.1) is 36.6 Å². The molecule has 1 aliphatic heterocycles. The zero-order valence-corrected chi connectivity index (χ0v) is 21.8. The number of rotatable bonds is 6. The summed E-state index contributed by atoms with van der Waals surface area (Å²) < 4.78 is 29.1. The van der Waals surface area contributed by atoms with E-state index in [2.05, 4.69) is 26.7 Å². The van der Waals surface area contributed by atoms with Crippen molar-refractivity contribution in [3.05, 3.63) is 82.0 Å². The molecule has 8 nitrogen and oxygen atoms in total. The Morgan fingerprint density at radius 1 is 1.23 bits per heavy atom. The molecule has 2 aromatic carbocycles. The fourth-order valence-electron chi connectivity index (χ4n) is 5.19. The van der Waals surface area contributed by atoms with E-state index in [4.69, 9.17) is 5.26 Å². The first kappa shape index (κ1) is 25.3. The van der Waals surface area contributed by atoms with Gasteiger partial charge in [-0.3, -0.25) is 15.0 Å². The number of thiazole rings is 1. The van der Waals surface area contributed by atoms with Gasteiger partial charge in [-0.25, -0.2) is 18.4 Å². The molecule has 4 aromatic rings. The second-order valence-corrected chi connectivity index (χ2v) is 11.1. The van der Waals surface area contributed by atoms with Crippen LogP contribution in [0.15, 0.2) is 54.7 Å². The molecule has 1 amide bonds. The van der Waals surface area contributed by atoms with Crippen LogP contribution in [-0.2, 0) is 19.4 Å². The van der Waals surface area contributed by atoms with Gasteiger partial charge in [-0.15, -0.1) is 16.4 Å². The summed E-state index contributed by atoms with van der Waals surface area (Å²) in [6, 6.07) is 16.6. The minimum Gasteiger partial charge on any atom is -0.298 e. The van der Waals surface area contributed by atoms with Crippen molar-refractivity contribution in [2.75, 3.05) is 18.4 Å². The number of nitriles is 1. The van der Waals surface area contributed by atoms with E-state index in [-0.39, 0.29) is 24.9 Å². The molecular formula is C28H25F2N7OS. The third kappa shape index (κ3) is 5.57. The van der Waals surface area contributed by atoms with E-state index >= 15 is 0 Å². The number of amides is 1. The maximum absolute atomic E-state index is 13.7. The van der Waals surface area contributed by atoms with E-state index < -0.39 is 5.92 Å². The average Bonchev–Trinajstić information content (AvgIpc) is 3.66. The fraction of sp³-hybridized carbons (Fsp3) is 0.321. The maximum atomic E-state index is 13.7. The van der Waals surface area contributed by atoms with Crippen molar-refractivity contribution in [3.8, 4) is 17.3 Å². The zero-order chi connectivity index (χ0) is 27.0. The van der Waals surface area contributed by atoms with Crippen LogP contribution in [0.3, 0.4) is 0 Å². The summed E-state index contributed by atoms with van der Waals surface area (Å²) in [6.07, 6.45) is 3.97. The van der Waals surface area contributed by atoms with E-state index in [1.807, 2.05) is 41.4 Å². The Morgan fingerprint density at radius 3 is 2.85 bits per heavy atom. The first-order chi connectivity index (χ1) is 18.8. The number of alkyl halides is 2. The number of aryl methyl sites for hydroxylation is 1. The van der Waals surface area contributed by atoms with Crippen LogP contribution < -0.4 is 5.32 Å². The van der Waals surface area contributed by atoms with E-state index in [0.717, 1.165) is 34.5 Å². The molecule has 0 bridgehead atoms. The largest absolute Gasteiger partial charge is 0.298 e. The van der Waals surface area contributed by atoms with Crippen molar-refractivity contribution in [1.82, 2.24) is 24.9 Å². The Bertz CT molecular complexity index is 1560. The highest BCUT2D eigenvalue weighted by Gasteiger charge is 2.41. The summed E-state index contributed by atoms with van der Waals surface area (Å²) in [6.45, 7) is 0.695. The number of halogens is 2. The summed E-state index contributed by atoms with van der Waals surface area (Å²) in [4.78, 5) is 20.6. The Balaban J connectivity index is 1.09. The van der Waals surface area contributed by atoms with Gasteiger partial charge in [-0.05, 0) is 49.1 Å². The van der Waals surface area contributed by atoms with Gasteiger partial charge in [0.15, 0.2) is 5.13 Å². The number of nitrogens with one attached hydrogen (secondary N) is 1. The molecule has 1 saturated heterocycles. The summed E-state index contributed by atoms with van der Waals surface area (Å²) in [5.41, 5.74) is 4.49. The summed E-state index contributed by atoms with van der Waals surface area (Å²) in [5, 5.41) is 20.8. The second kappa shape index (κ2) is 10.3. The molecule has 39 heavy (non-hydrogen) atoms. The van der Waals surface area contributed by atoms with E-state index in [1.165, 1.54) is 11.3 Å². The van der Waals surface area contributed by atoms with Gasteiger partial charge in [0.1, 0.15) is 5.69 Å². The number of fused-ring (bicyclic) bond motifs is 1. The quantitative estimate of drug-likeness (QED) is 0.375. The highest BCUT2D eigenvalue weighted by molar-refractivity contribution is 7.15. The molecule has 11 heteroatoms. The number of carbonyl (C=O) groups is 1. The number of likely N-dealkylation sites (tertiary alicyclic amines) is 1. The molecule has 1 aliphatic carbocycles. The van der Waals surface area contributed by atoms with Crippen LogP contribution in [0.4, 0.5) is 13.9 Å².